The summed E-state index contributed by atoms with van der Waals surface area (Å²) in [5.41, 5.74) is -6.17. The second kappa shape index (κ2) is 11.2. The van der Waals surface area contributed by atoms with Gasteiger partial charge in [0.05, 0.1) is 0 Å². The fourth-order valence-corrected chi connectivity index (χ4v) is 4.07. The number of aryl methyl sites for hydroxylation is 1. The molecule has 1 unspecified atom stereocenters. The zero-order valence-corrected chi connectivity index (χ0v) is 20.4. The predicted molar refractivity (Wildman–Crippen MR) is 118 cm³/mol. The van der Waals surface area contributed by atoms with E-state index in [1.807, 2.05) is 0 Å². The van der Waals surface area contributed by atoms with Crippen LogP contribution in [0.2, 0.25) is 0 Å². The van der Waals surface area contributed by atoms with Gasteiger partial charge in [0.1, 0.15) is 0 Å². The summed E-state index contributed by atoms with van der Waals surface area (Å²) in [5.74, 6) is -3.33. The molecule has 3 rings (SSSR count). The van der Waals surface area contributed by atoms with E-state index in [2.05, 4.69) is 9.47 Å². The van der Waals surface area contributed by atoms with Gasteiger partial charge < -0.3 is 19.8 Å². The number of halogens is 11. The van der Waals surface area contributed by atoms with Crippen LogP contribution < -0.4 is 14.2 Å². The van der Waals surface area contributed by atoms with Gasteiger partial charge in [-0.1, -0.05) is 30.3 Å². The van der Waals surface area contributed by atoms with E-state index < -0.39 is 53.9 Å². The molecule has 16 heteroatoms. The first-order chi connectivity index (χ1) is 18.7. The maximum atomic E-state index is 13.3. The first kappa shape index (κ1) is 31.7. The van der Waals surface area contributed by atoms with Crippen LogP contribution in [0.25, 0.3) is 0 Å². The molecule has 1 heterocycles. The molecule has 1 aromatic heterocycles. The van der Waals surface area contributed by atoms with Gasteiger partial charge in [0.15, 0.2) is 23.9 Å². The number of aromatic nitrogens is 1. The van der Waals surface area contributed by atoms with Crippen molar-refractivity contribution in [1.29, 1.82) is 0 Å². The van der Waals surface area contributed by atoms with Crippen molar-refractivity contribution in [3.8, 4) is 11.5 Å². The standard InChI is InChI=1S/C25H18F11NO4/c1-13-12-37(39)9-8-15(13)10-18(16-4-7-19(40-21(26)27)20(11-16)41-25(34,35)36)14-2-5-17(6-3-14)22(38,23(28,29)30)24(31,32)33/h2-9,11-12,18,21,38H,10H2,1H3. The summed E-state index contributed by atoms with van der Waals surface area (Å²) < 4.78 is 153. The highest BCUT2D eigenvalue weighted by molar-refractivity contribution is 5.47. The number of nitrogens with zero attached hydrogens (tertiary/aromatic N) is 1. The van der Waals surface area contributed by atoms with Crippen LogP contribution >= 0.6 is 0 Å². The van der Waals surface area contributed by atoms with Crippen molar-refractivity contribution >= 4 is 0 Å². The summed E-state index contributed by atoms with van der Waals surface area (Å²) in [6, 6.07) is 6.08. The van der Waals surface area contributed by atoms with E-state index in [4.69, 9.17) is 0 Å². The molecule has 0 radical (unpaired) electrons. The normalized spacial score (nSPS) is 13.8. The smallest absolute Gasteiger partial charge is 0.573 e. The van der Waals surface area contributed by atoms with Crippen molar-refractivity contribution in [3.63, 3.8) is 0 Å². The zero-order chi connectivity index (χ0) is 31.0. The third kappa shape index (κ3) is 7.10. The van der Waals surface area contributed by atoms with Crippen LogP contribution in [-0.2, 0) is 12.0 Å². The number of alkyl halides is 11. The van der Waals surface area contributed by atoms with Crippen LogP contribution in [0.3, 0.4) is 0 Å². The van der Waals surface area contributed by atoms with E-state index in [0.717, 1.165) is 36.7 Å². The van der Waals surface area contributed by atoms with E-state index in [0.29, 0.717) is 34.1 Å². The highest BCUT2D eigenvalue weighted by Gasteiger charge is 2.71. The van der Waals surface area contributed by atoms with E-state index in [9.17, 15) is 58.6 Å². The minimum Gasteiger partial charge on any atom is -0.619 e. The van der Waals surface area contributed by atoms with Crippen LogP contribution in [0, 0.1) is 12.1 Å². The third-order valence-corrected chi connectivity index (χ3v) is 6.04. The fourth-order valence-electron chi connectivity index (χ4n) is 4.07. The van der Waals surface area contributed by atoms with Gasteiger partial charge in [0, 0.05) is 23.1 Å². The van der Waals surface area contributed by atoms with Gasteiger partial charge >= 0.3 is 25.3 Å². The zero-order valence-electron chi connectivity index (χ0n) is 20.4. The minimum absolute atomic E-state index is 0.0424. The Balaban J connectivity index is 2.17. The quantitative estimate of drug-likeness (QED) is 0.174. The monoisotopic (exact) mass is 605 g/mol. The number of pyridine rings is 1. The molecule has 3 aromatic rings. The van der Waals surface area contributed by atoms with Gasteiger partial charge in [-0.3, -0.25) is 0 Å². The van der Waals surface area contributed by atoms with Gasteiger partial charge in [0.2, 0.25) is 0 Å². The second-order valence-electron chi connectivity index (χ2n) is 8.73. The summed E-state index contributed by atoms with van der Waals surface area (Å²) in [7, 11) is 0. The van der Waals surface area contributed by atoms with E-state index in [1.165, 1.54) is 13.0 Å². The molecule has 1 N–H and O–H groups in total. The molecular formula is C25H18F11NO4. The Bertz CT molecular complexity index is 1340. The maximum absolute atomic E-state index is 13.3. The van der Waals surface area contributed by atoms with Crippen LogP contribution in [0.5, 0.6) is 11.5 Å². The molecule has 0 bridgehead atoms. The van der Waals surface area contributed by atoms with Crippen LogP contribution in [0.1, 0.15) is 33.7 Å². The molecule has 0 aliphatic carbocycles. The van der Waals surface area contributed by atoms with Gasteiger partial charge in [-0.15, -0.1) is 13.2 Å². The summed E-state index contributed by atoms with van der Waals surface area (Å²) >= 11 is 0. The van der Waals surface area contributed by atoms with Gasteiger partial charge in [-0.2, -0.15) is 39.9 Å². The lowest BCUT2D eigenvalue weighted by Gasteiger charge is -2.33. The van der Waals surface area contributed by atoms with Crippen molar-refractivity contribution in [1.82, 2.24) is 0 Å². The molecule has 0 amide bonds. The van der Waals surface area contributed by atoms with Crippen molar-refractivity contribution in [2.75, 3.05) is 0 Å². The number of rotatable bonds is 8. The lowest BCUT2D eigenvalue weighted by atomic mass is 9.83. The Morgan fingerprint density at radius 1 is 0.829 bits per heavy atom. The Kier molecular flexibility index (Phi) is 8.67. The molecule has 0 saturated heterocycles. The van der Waals surface area contributed by atoms with E-state index >= 15 is 0 Å². The van der Waals surface area contributed by atoms with Crippen LogP contribution in [-0.4, -0.2) is 30.4 Å². The SMILES string of the molecule is Cc1c[n+]([O-])ccc1CC(c1ccc(C(O)(C(F)(F)F)C(F)(F)F)cc1)c1ccc(OC(F)F)c(OC(F)(F)F)c1. The lowest BCUT2D eigenvalue weighted by molar-refractivity contribution is -0.605. The van der Waals surface area contributed by atoms with Gasteiger partial charge in [-0.05, 0) is 42.2 Å². The Labute approximate surface area is 223 Å². The molecule has 0 aliphatic heterocycles. The van der Waals surface area contributed by atoms with Crippen molar-refractivity contribution in [3.05, 3.63) is 93.9 Å². The van der Waals surface area contributed by atoms with Crippen molar-refractivity contribution in [2.24, 2.45) is 0 Å². The molecule has 2 aromatic carbocycles. The summed E-state index contributed by atoms with van der Waals surface area (Å²) in [5, 5.41) is 21.2. The first-order valence-electron chi connectivity index (χ1n) is 11.2. The topological polar surface area (TPSA) is 65.6 Å². The Morgan fingerprint density at radius 2 is 1.39 bits per heavy atom. The van der Waals surface area contributed by atoms with E-state index in [-0.39, 0.29) is 17.5 Å². The molecule has 5 nitrogen and oxygen atoms in total. The number of ether oxygens (including phenoxy) is 2. The fraction of sp³-hybridized carbons (Fsp3) is 0.320. The molecule has 224 valence electrons. The maximum Gasteiger partial charge on any atom is 0.573 e. The minimum atomic E-state index is -6.16. The van der Waals surface area contributed by atoms with Crippen LogP contribution in [0.4, 0.5) is 48.3 Å². The highest BCUT2D eigenvalue weighted by atomic mass is 19.4. The largest absolute Gasteiger partial charge is 0.619 e. The lowest BCUT2D eigenvalue weighted by Crippen LogP contribution is -2.53. The molecule has 0 spiro atoms. The second-order valence-corrected chi connectivity index (χ2v) is 8.73. The summed E-state index contributed by atoms with van der Waals surface area (Å²) in [6.45, 7) is -2.04. The number of benzene rings is 2. The Morgan fingerprint density at radius 3 is 1.88 bits per heavy atom. The van der Waals surface area contributed by atoms with E-state index in [1.54, 1.807) is 0 Å². The molecule has 41 heavy (non-hydrogen) atoms. The molecular weight excluding hydrogens is 587 g/mol. The van der Waals surface area contributed by atoms with Gasteiger partial charge in [0.25, 0.3) is 5.60 Å². The number of hydrogen-bond acceptors (Lipinski definition) is 4. The summed E-state index contributed by atoms with van der Waals surface area (Å²) in [4.78, 5) is 0. The average Bonchev–Trinajstić information content (AvgIpc) is 2.82. The van der Waals surface area contributed by atoms with Crippen LogP contribution in [0.15, 0.2) is 60.9 Å². The third-order valence-electron chi connectivity index (χ3n) is 6.04. The first-order valence-corrected chi connectivity index (χ1v) is 11.2. The van der Waals surface area contributed by atoms with Gasteiger partial charge in [-0.25, -0.2) is 0 Å². The molecule has 1 atom stereocenters. The predicted octanol–water partition coefficient (Wildman–Crippen LogP) is 6.82. The van der Waals surface area contributed by atoms with Crippen molar-refractivity contribution in [2.45, 2.75) is 50.2 Å². The summed E-state index contributed by atoms with van der Waals surface area (Å²) in [6.07, 6.45) is -15.6. The molecule has 0 saturated carbocycles. The average molecular weight is 605 g/mol. The Hall–Kier alpha value is -3.82. The number of aliphatic hydroxyl groups is 1. The molecule has 0 aliphatic rings. The van der Waals surface area contributed by atoms with Crippen molar-refractivity contribution < 1.29 is 67.6 Å². The highest BCUT2D eigenvalue weighted by Crippen LogP contribution is 2.50. The molecule has 0 fully saturated rings. The number of hydrogen-bond donors (Lipinski definition) is 1.